The van der Waals surface area contributed by atoms with Crippen molar-refractivity contribution in [3.63, 3.8) is 0 Å². The minimum atomic E-state index is -0.827. The van der Waals surface area contributed by atoms with E-state index in [4.69, 9.17) is 0 Å². The Hall–Kier alpha value is -3.05. The van der Waals surface area contributed by atoms with Crippen LogP contribution in [0.3, 0.4) is 0 Å². The van der Waals surface area contributed by atoms with Gasteiger partial charge in [-0.3, -0.25) is 15.0 Å². The van der Waals surface area contributed by atoms with Gasteiger partial charge in [-0.2, -0.15) is 0 Å². The second-order valence-corrected chi connectivity index (χ2v) is 7.98. The van der Waals surface area contributed by atoms with Crippen LogP contribution in [0.5, 0.6) is 0 Å². The molecule has 0 spiro atoms. The van der Waals surface area contributed by atoms with Gasteiger partial charge in [-0.05, 0) is 37.1 Å². The second-order valence-electron chi connectivity index (χ2n) is 7.98. The van der Waals surface area contributed by atoms with Crippen molar-refractivity contribution in [3.8, 4) is 11.8 Å². The summed E-state index contributed by atoms with van der Waals surface area (Å²) in [7, 11) is 0. The van der Waals surface area contributed by atoms with Gasteiger partial charge in [-0.15, -0.1) is 0 Å². The molecule has 2 heterocycles. The van der Waals surface area contributed by atoms with Crippen LogP contribution in [0.15, 0.2) is 29.4 Å². The van der Waals surface area contributed by atoms with Gasteiger partial charge in [0.25, 0.3) is 5.91 Å². The fourth-order valence-corrected chi connectivity index (χ4v) is 4.43. The Morgan fingerprint density at radius 2 is 1.73 bits per heavy atom. The molecule has 1 saturated carbocycles. The normalized spacial score (nSPS) is 23.5. The van der Waals surface area contributed by atoms with Gasteiger partial charge in [-0.1, -0.05) is 36.3 Å². The summed E-state index contributed by atoms with van der Waals surface area (Å²) in [6.07, 6.45) is 6.63. The van der Waals surface area contributed by atoms with Crippen molar-refractivity contribution in [2.24, 2.45) is 5.16 Å². The molecule has 30 heavy (non-hydrogen) atoms. The molecule has 4 rings (SSSR count). The Morgan fingerprint density at radius 3 is 2.33 bits per heavy atom. The number of rotatable bonds is 2. The number of hydrogen-bond acceptors (Lipinski definition) is 5. The number of nitrogens with zero attached hydrogens (tertiary/aromatic N) is 3. The molecule has 2 aliphatic heterocycles. The summed E-state index contributed by atoms with van der Waals surface area (Å²) in [5.74, 6) is 5.78. The lowest BCUT2D eigenvalue weighted by atomic mass is 9.94. The van der Waals surface area contributed by atoms with Crippen LogP contribution in [0, 0.1) is 11.8 Å². The van der Waals surface area contributed by atoms with Crippen LogP contribution in [0.2, 0.25) is 0 Å². The topological polar surface area (TPSA) is 97.3 Å². The minimum Gasteiger partial charge on any atom is -0.409 e. The van der Waals surface area contributed by atoms with E-state index >= 15 is 0 Å². The monoisotopic (exact) mass is 409 g/mol. The van der Waals surface area contributed by atoms with Crippen LogP contribution < -0.4 is 10.6 Å². The van der Waals surface area contributed by atoms with E-state index in [0.29, 0.717) is 17.4 Å². The molecular formula is C22H27N5O3. The molecule has 0 bridgehead atoms. The average molecular weight is 409 g/mol. The summed E-state index contributed by atoms with van der Waals surface area (Å²) in [6, 6.07) is 6.72. The first-order valence-corrected chi connectivity index (χ1v) is 10.6. The molecule has 8 heteroatoms. The molecule has 1 aromatic rings. The van der Waals surface area contributed by atoms with Gasteiger partial charge in [0.2, 0.25) is 0 Å². The summed E-state index contributed by atoms with van der Waals surface area (Å²) in [6.45, 7) is 3.66. The Labute approximate surface area is 176 Å². The zero-order valence-corrected chi connectivity index (χ0v) is 16.9. The van der Waals surface area contributed by atoms with E-state index in [2.05, 4.69) is 37.4 Å². The van der Waals surface area contributed by atoms with Gasteiger partial charge in [0.05, 0.1) is 0 Å². The van der Waals surface area contributed by atoms with Gasteiger partial charge in [0.1, 0.15) is 0 Å². The van der Waals surface area contributed by atoms with Crippen molar-refractivity contribution in [2.45, 2.75) is 44.2 Å². The van der Waals surface area contributed by atoms with Crippen molar-refractivity contribution in [2.75, 3.05) is 26.2 Å². The number of amides is 3. The number of carbonyl (C=O) groups is 2. The predicted octanol–water partition coefficient (Wildman–Crippen LogP) is 1.33. The summed E-state index contributed by atoms with van der Waals surface area (Å²) >= 11 is 0. The van der Waals surface area contributed by atoms with Crippen molar-refractivity contribution in [1.82, 2.24) is 20.4 Å². The zero-order valence-electron chi connectivity index (χ0n) is 16.9. The third-order valence-electron chi connectivity index (χ3n) is 6.08. The molecule has 3 N–H and O–H groups in total. The first-order valence-electron chi connectivity index (χ1n) is 10.6. The lowest BCUT2D eigenvalue weighted by Crippen LogP contribution is -2.52. The molecule has 1 aliphatic carbocycles. The second kappa shape index (κ2) is 9.18. The molecule has 3 fully saturated rings. The summed E-state index contributed by atoms with van der Waals surface area (Å²) in [4.78, 5) is 27.4. The Morgan fingerprint density at radius 1 is 1.03 bits per heavy atom. The van der Waals surface area contributed by atoms with E-state index < -0.39 is 18.0 Å². The van der Waals surface area contributed by atoms with Gasteiger partial charge in [0.15, 0.2) is 11.9 Å². The quantitative estimate of drug-likeness (QED) is 0.171. The van der Waals surface area contributed by atoms with Crippen LogP contribution in [0.4, 0.5) is 4.79 Å². The molecule has 3 aliphatic rings. The van der Waals surface area contributed by atoms with Gasteiger partial charge in [-0.25, -0.2) is 4.79 Å². The number of piperazine rings is 1. The van der Waals surface area contributed by atoms with E-state index in [1.165, 1.54) is 32.1 Å². The van der Waals surface area contributed by atoms with E-state index in [9.17, 15) is 14.8 Å². The van der Waals surface area contributed by atoms with Crippen LogP contribution in [0.1, 0.15) is 43.2 Å². The number of nitrogens with one attached hydrogen (secondary N) is 2. The summed E-state index contributed by atoms with van der Waals surface area (Å²) in [5, 5.41) is 17.8. The first kappa shape index (κ1) is 20.2. The zero-order chi connectivity index (χ0) is 20.9. The molecular weight excluding hydrogens is 382 g/mol. The summed E-state index contributed by atoms with van der Waals surface area (Å²) < 4.78 is 0. The molecule has 0 aromatic heterocycles. The number of imide groups is 1. The van der Waals surface area contributed by atoms with Gasteiger partial charge < -0.3 is 15.4 Å². The maximum atomic E-state index is 11.5. The molecule has 158 valence electrons. The number of urea groups is 1. The Balaban J connectivity index is 1.36. The van der Waals surface area contributed by atoms with Gasteiger partial charge in [0, 0.05) is 43.3 Å². The fraction of sp³-hybridized carbons (Fsp3) is 0.500. The number of carbonyl (C=O) groups excluding carboxylic acids is 2. The molecule has 8 nitrogen and oxygen atoms in total. The van der Waals surface area contributed by atoms with Crippen molar-refractivity contribution >= 4 is 17.8 Å². The van der Waals surface area contributed by atoms with E-state index in [-0.39, 0.29) is 0 Å². The standard InChI is InChI=1S/C22H27N5O3/c28-21-19(23-22(29)24-21)11-8-16-6-9-17(10-7-16)20(25-30)27-14-12-26(13-15-27)18-4-2-1-3-5-18/h6-7,9-10,18-19,30H,1-5,12-15H2,(H2,23,24,28,29)/b25-20-. The number of amidine groups is 1. The van der Waals surface area contributed by atoms with Crippen LogP contribution >= 0.6 is 0 Å². The Kier molecular flexibility index (Phi) is 6.19. The van der Waals surface area contributed by atoms with Crippen molar-refractivity contribution in [3.05, 3.63) is 35.4 Å². The molecule has 1 atom stereocenters. The van der Waals surface area contributed by atoms with Crippen molar-refractivity contribution in [1.29, 1.82) is 0 Å². The minimum absolute atomic E-state index is 0.439. The third kappa shape index (κ3) is 4.57. The highest BCUT2D eigenvalue weighted by Crippen LogP contribution is 2.24. The molecule has 2 saturated heterocycles. The molecule has 0 radical (unpaired) electrons. The highest BCUT2D eigenvalue weighted by atomic mass is 16.4. The lowest BCUT2D eigenvalue weighted by molar-refractivity contribution is -0.119. The largest absolute Gasteiger partial charge is 0.409 e. The van der Waals surface area contributed by atoms with E-state index in [1.54, 1.807) is 0 Å². The third-order valence-corrected chi connectivity index (χ3v) is 6.08. The Bertz CT molecular complexity index is 872. The fourth-order valence-electron chi connectivity index (χ4n) is 4.43. The first-order chi connectivity index (χ1) is 14.6. The van der Waals surface area contributed by atoms with Crippen LogP contribution in [-0.4, -0.2) is 71.0 Å². The SMILES string of the molecule is O=C1NC(=O)C(C#Cc2ccc(/C(=N/O)N3CCN(C4CCCCC4)CC3)cc2)N1. The smallest absolute Gasteiger partial charge is 0.322 e. The van der Waals surface area contributed by atoms with Crippen LogP contribution in [0.25, 0.3) is 0 Å². The van der Waals surface area contributed by atoms with Crippen LogP contribution in [-0.2, 0) is 4.79 Å². The predicted molar refractivity (Wildman–Crippen MR) is 112 cm³/mol. The molecule has 3 amide bonds. The average Bonchev–Trinajstić information content (AvgIpc) is 3.11. The number of hydrogen-bond donors (Lipinski definition) is 3. The maximum Gasteiger partial charge on any atom is 0.322 e. The maximum absolute atomic E-state index is 11.5. The van der Waals surface area contributed by atoms with E-state index in [1.807, 2.05) is 24.3 Å². The van der Waals surface area contributed by atoms with E-state index in [0.717, 1.165) is 31.7 Å². The highest BCUT2D eigenvalue weighted by molar-refractivity contribution is 6.05. The summed E-state index contributed by atoms with van der Waals surface area (Å²) in [5.41, 5.74) is 1.54. The molecule has 1 unspecified atom stereocenters. The lowest BCUT2D eigenvalue weighted by Gasteiger charge is -2.41. The van der Waals surface area contributed by atoms with Crippen molar-refractivity contribution < 1.29 is 14.8 Å². The number of benzene rings is 1. The van der Waals surface area contributed by atoms with Gasteiger partial charge >= 0.3 is 6.03 Å². The highest BCUT2D eigenvalue weighted by Gasteiger charge is 2.28. The number of oxime groups is 1. The molecule has 1 aromatic carbocycles.